The van der Waals surface area contributed by atoms with Crippen LogP contribution in [-0.4, -0.2) is 45.2 Å². The van der Waals surface area contributed by atoms with Crippen molar-refractivity contribution < 1.29 is 28.6 Å². The molecule has 1 N–H and O–H groups in total. The first-order chi connectivity index (χ1) is 14.8. The molecule has 31 heavy (non-hydrogen) atoms. The topological polar surface area (TPSA) is 90.9 Å². The van der Waals surface area contributed by atoms with Crippen molar-refractivity contribution >= 4 is 29.3 Å². The number of hydrogen-bond acceptors (Lipinski definition) is 7. The van der Waals surface area contributed by atoms with E-state index in [2.05, 4.69) is 5.32 Å². The number of rotatable bonds is 6. The molecule has 0 unspecified atom stereocenters. The van der Waals surface area contributed by atoms with Crippen LogP contribution in [0.2, 0.25) is 5.02 Å². The lowest BCUT2D eigenvalue weighted by atomic mass is 9.69. The third-order valence-corrected chi connectivity index (χ3v) is 5.94. The Hall–Kier alpha value is -2.64. The molecule has 166 valence electrons. The maximum Gasteiger partial charge on any atom is 0.336 e. The maximum absolute atomic E-state index is 13.5. The fourth-order valence-electron chi connectivity index (χ4n) is 4.24. The number of Topliss-reactive ketones (excluding diaryl/α,β-unsaturated/α-hetero) is 1. The van der Waals surface area contributed by atoms with Gasteiger partial charge in [-0.2, -0.15) is 0 Å². The van der Waals surface area contributed by atoms with Crippen molar-refractivity contribution in [3.63, 3.8) is 0 Å². The van der Waals surface area contributed by atoms with Gasteiger partial charge in [-0.05, 0) is 37.0 Å². The molecule has 0 saturated heterocycles. The molecule has 0 radical (unpaired) electrons. The van der Waals surface area contributed by atoms with Crippen LogP contribution in [0.25, 0.3) is 0 Å². The normalized spacial score (nSPS) is 23.3. The highest BCUT2D eigenvalue weighted by Gasteiger charge is 2.47. The first-order valence-electron chi connectivity index (χ1n) is 10.0. The monoisotopic (exact) mass is 447 g/mol. The number of esters is 2. The summed E-state index contributed by atoms with van der Waals surface area (Å²) in [5.74, 6) is -3.31. The minimum absolute atomic E-state index is 0.0844. The lowest BCUT2D eigenvalue weighted by molar-refractivity contribution is -0.151. The second kappa shape index (κ2) is 9.66. The summed E-state index contributed by atoms with van der Waals surface area (Å²) in [6, 6.07) is 6.96. The molecule has 8 heteroatoms. The number of hydrogen-bond donors (Lipinski definition) is 1. The number of halogens is 1. The SMILES string of the molecule is COCCOC(=O)C1=C(C)NC2=C(C(=O)[C@@H](C(=O)OC)[C@@H](C)C2)[C@@H]1c1ccc(Cl)cc1. The van der Waals surface area contributed by atoms with Gasteiger partial charge < -0.3 is 19.5 Å². The van der Waals surface area contributed by atoms with Gasteiger partial charge in [-0.3, -0.25) is 9.59 Å². The summed E-state index contributed by atoms with van der Waals surface area (Å²) >= 11 is 6.06. The summed E-state index contributed by atoms with van der Waals surface area (Å²) in [6.45, 7) is 3.96. The Morgan fingerprint density at radius 3 is 2.45 bits per heavy atom. The minimum atomic E-state index is -0.926. The zero-order valence-corrected chi connectivity index (χ0v) is 18.7. The molecular formula is C23H26ClNO6. The lowest BCUT2D eigenvalue weighted by Crippen LogP contribution is -2.43. The number of carbonyl (C=O) groups excluding carboxylic acids is 3. The van der Waals surface area contributed by atoms with Gasteiger partial charge in [-0.15, -0.1) is 0 Å². The van der Waals surface area contributed by atoms with Crippen molar-refractivity contribution in [3.05, 3.63) is 57.4 Å². The molecule has 2 aliphatic rings. The highest BCUT2D eigenvalue weighted by atomic mass is 35.5. The molecular weight excluding hydrogens is 422 g/mol. The summed E-state index contributed by atoms with van der Waals surface area (Å²) in [5.41, 5.74) is 2.74. The number of nitrogens with one attached hydrogen (secondary N) is 1. The van der Waals surface area contributed by atoms with E-state index in [0.29, 0.717) is 39.5 Å². The van der Waals surface area contributed by atoms with Gasteiger partial charge in [0.15, 0.2) is 5.78 Å². The van der Waals surface area contributed by atoms with Gasteiger partial charge in [-0.1, -0.05) is 30.7 Å². The molecule has 0 aromatic heterocycles. The van der Waals surface area contributed by atoms with E-state index >= 15 is 0 Å². The Labute approximate surface area is 186 Å². The Bertz CT molecular complexity index is 949. The third kappa shape index (κ3) is 4.52. The zero-order valence-electron chi connectivity index (χ0n) is 18.0. The van der Waals surface area contributed by atoms with E-state index in [-0.39, 0.29) is 24.9 Å². The van der Waals surface area contributed by atoms with Crippen molar-refractivity contribution in [3.8, 4) is 0 Å². The molecule has 0 spiro atoms. The summed E-state index contributed by atoms with van der Waals surface area (Å²) in [7, 11) is 2.79. The molecule has 1 aromatic carbocycles. The summed E-state index contributed by atoms with van der Waals surface area (Å²) in [4.78, 5) is 38.9. The molecule has 0 amide bonds. The highest BCUT2D eigenvalue weighted by molar-refractivity contribution is 6.30. The fourth-order valence-corrected chi connectivity index (χ4v) is 4.36. The van der Waals surface area contributed by atoms with Crippen molar-refractivity contribution in [1.82, 2.24) is 5.32 Å². The average Bonchev–Trinajstić information content (AvgIpc) is 2.73. The molecule has 1 aromatic rings. The Morgan fingerprint density at radius 1 is 1.16 bits per heavy atom. The van der Waals surface area contributed by atoms with Crippen LogP contribution >= 0.6 is 11.6 Å². The van der Waals surface area contributed by atoms with Crippen LogP contribution in [0.4, 0.5) is 0 Å². The molecule has 1 aliphatic carbocycles. The highest BCUT2D eigenvalue weighted by Crippen LogP contribution is 2.45. The van der Waals surface area contributed by atoms with Crippen LogP contribution in [-0.2, 0) is 28.6 Å². The van der Waals surface area contributed by atoms with Crippen LogP contribution in [0.1, 0.15) is 31.7 Å². The molecule has 1 heterocycles. The summed E-state index contributed by atoms with van der Waals surface area (Å²) in [5, 5.41) is 3.75. The summed E-state index contributed by atoms with van der Waals surface area (Å²) in [6.07, 6.45) is 0.480. The van der Waals surface area contributed by atoms with Gasteiger partial charge in [0.25, 0.3) is 0 Å². The van der Waals surface area contributed by atoms with Crippen molar-refractivity contribution in [2.75, 3.05) is 27.4 Å². The lowest BCUT2D eigenvalue weighted by Gasteiger charge is -2.38. The minimum Gasteiger partial charge on any atom is -0.468 e. The van der Waals surface area contributed by atoms with Crippen LogP contribution in [0.15, 0.2) is 46.8 Å². The molecule has 1 aliphatic heterocycles. The van der Waals surface area contributed by atoms with E-state index in [9.17, 15) is 14.4 Å². The number of ketones is 1. The predicted octanol–water partition coefficient (Wildman–Crippen LogP) is 3.14. The second-order valence-corrected chi connectivity index (χ2v) is 8.15. The number of benzene rings is 1. The molecule has 7 nitrogen and oxygen atoms in total. The Balaban J connectivity index is 2.11. The largest absolute Gasteiger partial charge is 0.468 e. The van der Waals surface area contributed by atoms with Crippen molar-refractivity contribution in [1.29, 1.82) is 0 Å². The van der Waals surface area contributed by atoms with Gasteiger partial charge in [0.1, 0.15) is 12.5 Å². The first-order valence-corrected chi connectivity index (χ1v) is 10.4. The zero-order chi connectivity index (χ0) is 22.7. The molecule has 0 saturated carbocycles. The smallest absolute Gasteiger partial charge is 0.336 e. The van der Waals surface area contributed by atoms with Crippen LogP contribution < -0.4 is 5.32 Å². The van der Waals surface area contributed by atoms with Gasteiger partial charge >= 0.3 is 11.9 Å². The molecule has 0 bridgehead atoms. The van der Waals surface area contributed by atoms with E-state index in [4.69, 9.17) is 25.8 Å². The molecule has 3 rings (SSSR count). The van der Waals surface area contributed by atoms with Gasteiger partial charge in [-0.25, -0.2) is 4.79 Å². The van der Waals surface area contributed by atoms with Gasteiger partial charge in [0.05, 0.1) is 19.3 Å². The second-order valence-electron chi connectivity index (χ2n) is 7.72. The van der Waals surface area contributed by atoms with E-state index in [1.54, 1.807) is 31.2 Å². The Morgan fingerprint density at radius 2 is 1.84 bits per heavy atom. The van der Waals surface area contributed by atoms with Gasteiger partial charge in [0, 0.05) is 35.0 Å². The van der Waals surface area contributed by atoms with Crippen molar-refractivity contribution in [2.45, 2.75) is 26.2 Å². The number of methoxy groups -OCH3 is 2. The average molecular weight is 448 g/mol. The summed E-state index contributed by atoms with van der Waals surface area (Å²) < 4.78 is 15.2. The van der Waals surface area contributed by atoms with E-state index in [1.165, 1.54) is 14.2 Å². The molecule has 0 fully saturated rings. The number of allylic oxidation sites excluding steroid dienone is 3. The molecule has 3 atom stereocenters. The van der Waals surface area contributed by atoms with Crippen LogP contribution in [0.5, 0.6) is 0 Å². The van der Waals surface area contributed by atoms with E-state index < -0.39 is 23.8 Å². The Kier molecular flexibility index (Phi) is 7.18. The number of ether oxygens (including phenoxy) is 3. The quantitative estimate of drug-likeness (QED) is 0.407. The van der Waals surface area contributed by atoms with E-state index in [0.717, 1.165) is 0 Å². The number of dihydropyridines is 1. The van der Waals surface area contributed by atoms with Gasteiger partial charge in [0.2, 0.25) is 0 Å². The standard InChI is InChI=1S/C23H26ClNO6/c1-12-11-16-20(21(26)17(12)22(27)30-4)19(14-5-7-15(24)8-6-14)18(13(2)25-16)23(28)31-10-9-29-3/h5-8,12,17,19,25H,9-11H2,1-4H3/t12-,17-,19+/m0/s1. The predicted molar refractivity (Wildman–Crippen MR) is 114 cm³/mol. The van der Waals surface area contributed by atoms with Crippen LogP contribution in [0.3, 0.4) is 0 Å². The third-order valence-electron chi connectivity index (χ3n) is 5.69. The fraction of sp³-hybridized carbons (Fsp3) is 0.435. The van der Waals surface area contributed by atoms with Crippen molar-refractivity contribution in [2.24, 2.45) is 11.8 Å². The van der Waals surface area contributed by atoms with Crippen LogP contribution in [0, 0.1) is 11.8 Å². The van der Waals surface area contributed by atoms with E-state index in [1.807, 2.05) is 6.92 Å². The number of carbonyl (C=O) groups is 3. The first kappa shape index (κ1) is 23.0. The maximum atomic E-state index is 13.5.